The Morgan fingerprint density at radius 3 is 2.80 bits per heavy atom. The molecule has 1 aliphatic rings. The van der Waals surface area contributed by atoms with E-state index in [4.69, 9.17) is 16.3 Å². The first-order valence-electron chi connectivity index (χ1n) is 6.66. The largest absolute Gasteiger partial charge is 0.378 e. The second kappa shape index (κ2) is 5.77. The van der Waals surface area contributed by atoms with Crippen molar-refractivity contribution in [2.45, 2.75) is 6.92 Å². The topological polar surface area (TPSA) is 38.2 Å². The third-order valence-corrected chi connectivity index (χ3v) is 3.78. The van der Waals surface area contributed by atoms with E-state index in [9.17, 15) is 0 Å². The summed E-state index contributed by atoms with van der Waals surface area (Å²) in [6.45, 7) is 5.14. The van der Waals surface area contributed by atoms with Crippen LogP contribution < -0.4 is 4.90 Å². The van der Waals surface area contributed by atoms with Gasteiger partial charge >= 0.3 is 0 Å². The lowest BCUT2D eigenvalue weighted by molar-refractivity contribution is 0.122. The summed E-state index contributed by atoms with van der Waals surface area (Å²) in [6.07, 6.45) is 3.60. The van der Waals surface area contributed by atoms with Crippen LogP contribution in [0.25, 0.3) is 11.1 Å². The van der Waals surface area contributed by atoms with Crippen molar-refractivity contribution >= 4 is 17.3 Å². The van der Waals surface area contributed by atoms with Gasteiger partial charge in [-0.25, -0.2) is 4.98 Å². The van der Waals surface area contributed by atoms with Crippen LogP contribution in [0.1, 0.15) is 5.69 Å². The Hall–Kier alpha value is -1.65. The fraction of sp³-hybridized carbons (Fsp3) is 0.333. The molecule has 0 spiro atoms. The smallest absolute Gasteiger partial charge is 0.152 e. The average Bonchev–Trinajstić information content (AvgIpc) is 2.49. The van der Waals surface area contributed by atoms with Crippen molar-refractivity contribution in [2.24, 2.45) is 0 Å². The van der Waals surface area contributed by atoms with Crippen molar-refractivity contribution in [1.29, 1.82) is 0 Å². The maximum atomic E-state index is 6.25. The zero-order chi connectivity index (χ0) is 13.9. The van der Waals surface area contributed by atoms with E-state index < -0.39 is 0 Å². The van der Waals surface area contributed by atoms with Gasteiger partial charge in [0, 0.05) is 42.3 Å². The Kier molecular flexibility index (Phi) is 3.85. The van der Waals surface area contributed by atoms with Crippen molar-refractivity contribution < 1.29 is 4.74 Å². The van der Waals surface area contributed by atoms with Crippen LogP contribution in [0.5, 0.6) is 0 Å². The van der Waals surface area contributed by atoms with Crippen LogP contribution in [0.4, 0.5) is 5.69 Å². The second-order valence-corrected chi connectivity index (χ2v) is 5.13. The first-order valence-corrected chi connectivity index (χ1v) is 7.04. The predicted octanol–water partition coefficient (Wildman–Crippen LogP) is 2.94. The fourth-order valence-corrected chi connectivity index (χ4v) is 2.62. The second-order valence-electron chi connectivity index (χ2n) is 4.77. The third kappa shape index (κ3) is 2.62. The molecule has 5 heteroatoms. The van der Waals surface area contributed by atoms with E-state index in [0.717, 1.165) is 48.8 Å². The summed E-state index contributed by atoms with van der Waals surface area (Å²) in [7, 11) is 0. The predicted molar refractivity (Wildman–Crippen MR) is 80.2 cm³/mol. The molecule has 0 N–H and O–H groups in total. The average molecular weight is 290 g/mol. The van der Waals surface area contributed by atoms with Crippen LogP contribution >= 0.6 is 11.6 Å². The van der Waals surface area contributed by atoms with Gasteiger partial charge in [0.1, 0.15) is 0 Å². The number of anilines is 1. The zero-order valence-electron chi connectivity index (χ0n) is 11.3. The third-order valence-electron chi connectivity index (χ3n) is 3.49. The van der Waals surface area contributed by atoms with Crippen molar-refractivity contribution in [3.05, 3.63) is 41.4 Å². The van der Waals surface area contributed by atoms with Gasteiger partial charge in [-0.1, -0.05) is 17.7 Å². The molecule has 0 aromatic carbocycles. The molecule has 0 amide bonds. The summed E-state index contributed by atoms with van der Waals surface area (Å²) in [4.78, 5) is 10.9. The molecule has 3 rings (SSSR count). The van der Waals surface area contributed by atoms with Crippen LogP contribution in [-0.2, 0) is 4.74 Å². The molecule has 1 saturated heterocycles. The van der Waals surface area contributed by atoms with Crippen molar-refractivity contribution in [3.63, 3.8) is 0 Å². The molecule has 0 atom stereocenters. The van der Waals surface area contributed by atoms with E-state index in [1.54, 1.807) is 12.4 Å². The molecule has 104 valence electrons. The molecule has 2 aromatic rings. The highest BCUT2D eigenvalue weighted by Gasteiger charge is 2.16. The SMILES string of the molecule is Cc1ncccc1-c1cnc(Cl)c(N2CCOCC2)c1. The van der Waals surface area contributed by atoms with Crippen molar-refractivity contribution in [2.75, 3.05) is 31.2 Å². The summed E-state index contributed by atoms with van der Waals surface area (Å²) in [6, 6.07) is 6.08. The molecule has 0 bridgehead atoms. The number of pyridine rings is 2. The highest BCUT2D eigenvalue weighted by Crippen LogP contribution is 2.30. The van der Waals surface area contributed by atoms with Gasteiger partial charge in [-0.05, 0) is 19.1 Å². The first-order chi connectivity index (χ1) is 9.75. The maximum Gasteiger partial charge on any atom is 0.152 e. The van der Waals surface area contributed by atoms with E-state index in [1.165, 1.54) is 0 Å². The number of halogens is 1. The van der Waals surface area contributed by atoms with Crippen molar-refractivity contribution in [1.82, 2.24) is 9.97 Å². The minimum absolute atomic E-state index is 0.539. The first kappa shape index (κ1) is 13.3. The number of ether oxygens (including phenoxy) is 1. The molecular formula is C15H16ClN3O. The summed E-state index contributed by atoms with van der Waals surface area (Å²) in [5.41, 5.74) is 4.09. The molecule has 0 saturated carbocycles. The van der Waals surface area contributed by atoms with E-state index >= 15 is 0 Å². The summed E-state index contributed by atoms with van der Waals surface area (Å²) < 4.78 is 5.38. The molecule has 1 aliphatic heterocycles. The number of morpholine rings is 1. The van der Waals surface area contributed by atoms with E-state index in [0.29, 0.717) is 5.15 Å². The van der Waals surface area contributed by atoms with Crippen LogP contribution in [0.2, 0.25) is 5.15 Å². The number of rotatable bonds is 2. The Morgan fingerprint density at radius 2 is 2.05 bits per heavy atom. The van der Waals surface area contributed by atoms with Crippen molar-refractivity contribution in [3.8, 4) is 11.1 Å². The summed E-state index contributed by atoms with van der Waals surface area (Å²) >= 11 is 6.25. The number of nitrogens with zero attached hydrogens (tertiary/aromatic N) is 3. The lowest BCUT2D eigenvalue weighted by Gasteiger charge is -2.29. The van der Waals surface area contributed by atoms with Crippen LogP contribution in [0.15, 0.2) is 30.6 Å². The monoisotopic (exact) mass is 289 g/mol. The number of aryl methyl sites for hydroxylation is 1. The quantitative estimate of drug-likeness (QED) is 0.797. The molecule has 20 heavy (non-hydrogen) atoms. The normalized spacial score (nSPS) is 15.4. The maximum absolute atomic E-state index is 6.25. The zero-order valence-corrected chi connectivity index (χ0v) is 12.1. The van der Waals surface area contributed by atoms with Gasteiger partial charge in [0.05, 0.1) is 18.9 Å². The lowest BCUT2D eigenvalue weighted by atomic mass is 10.1. The Bertz CT molecular complexity index is 612. The highest BCUT2D eigenvalue weighted by atomic mass is 35.5. The van der Waals surface area contributed by atoms with Gasteiger partial charge in [0.25, 0.3) is 0 Å². The summed E-state index contributed by atoms with van der Waals surface area (Å²) in [5, 5.41) is 0.539. The van der Waals surface area contributed by atoms with Gasteiger partial charge in [0.15, 0.2) is 5.15 Å². The fourth-order valence-electron chi connectivity index (χ4n) is 2.40. The standard InChI is InChI=1S/C15H16ClN3O/c1-11-13(3-2-4-17-11)12-9-14(15(16)18-10-12)19-5-7-20-8-6-19/h2-4,9-10H,5-8H2,1H3. The van der Waals surface area contributed by atoms with Crippen LogP contribution in [0, 0.1) is 6.92 Å². The highest BCUT2D eigenvalue weighted by molar-refractivity contribution is 6.32. The molecule has 0 radical (unpaired) electrons. The molecule has 0 unspecified atom stereocenters. The van der Waals surface area contributed by atoms with Crippen LogP contribution in [-0.4, -0.2) is 36.3 Å². The minimum Gasteiger partial charge on any atom is -0.378 e. The molecule has 4 nitrogen and oxygen atoms in total. The van der Waals surface area contributed by atoms with E-state index in [-0.39, 0.29) is 0 Å². The van der Waals surface area contributed by atoms with Gasteiger partial charge in [0.2, 0.25) is 0 Å². The Balaban J connectivity index is 2.00. The molecule has 2 aromatic heterocycles. The molecule has 0 aliphatic carbocycles. The molecule has 3 heterocycles. The molecule has 1 fully saturated rings. The molecular weight excluding hydrogens is 274 g/mol. The van der Waals surface area contributed by atoms with Gasteiger partial charge in [-0.2, -0.15) is 0 Å². The number of aromatic nitrogens is 2. The lowest BCUT2D eigenvalue weighted by Crippen LogP contribution is -2.36. The van der Waals surface area contributed by atoms with E-state index in [2.05, 4.69) is 27.0 Å². The summed E-state index contributed by atoms with van der Waals surface area (Å²) in [5.74, 6) is 0. The minimum atomic E-state index is 0.539. The number of hydrogen-bond acceptors (Lipinski definition) is 4. The van der Waals surface area contributed by atoms with Gasteiger partial charge in [-0.15, -0.1) is 0 Å². The van der Waals surface area contributed by atoms with Gasteiger partial charge in [-0.3, -0.25) is 4.98 Å². The Morgan fingerprint density at radius 1 is 1.25 bits per heavy atom. The Labute approximate surface area is 123 Å². The van der Waals surface area contributed by atoms with Crippen LogP contribution in [0.3, 0.4) is 0 Å². The van der Waals surface area contributed by atoms with E-state index in [1.807, 2.05) is 13.0 Å². The number of hydrogen-bond donors (Lipinski definition) is 0. The van der Waals surface area contributed by atoms with Gasteiger partial charge < -0.3 is 9.64 Å².